The molecule has 152 valence electrons. The normalized spacial score (nSPS) is 26.4. The Balaban J connectivity index is 1.35. The maximum absolute atomic E-state index is 12.8. The van der Waals surface area contributed by atoms with Gasteiger partial charge in [-0.3, -0.25) is 14.5 Å². The van der Waals surface area contributed by atoms with Crippen LogP contribution in [-0.2, 0) is 9.53 Å². The number of hydrogen-bond acceptors (Lipinski definition) is 6. The van der Waals surface area contributed by atoms with E-state index < -0.39 is 0 Å². The lowest BCUT2D eigenvalue weighted by molar-refractivity contribution is -0.134. The molecule has 3 aliphatic heterocycles. The van der Waals surface area contributed by atoms with Crippen LogP contribution in [0.4, 0.5) is 0 Å². The minimum absolute atomic E-state index is 0.0461. The van der Waals surface area contributed by atoms with Gasteiger partial charge in [-0.05, 0) is 18.6 Å². The second kappa shape index (κ2) is 7.97. The molecule has 8 heteroatoms. The van der Waals surface area contributed by atoms with Crippen LogP contribution in [0.2, 0.25) is 0 Å². The van der Waals surface area contributed by atoms with E-state index >= 15 is 0 Å². The van der Waals surface area contributed by atoms with Crippen molar-refractivity contribution in [1.29, 1.82) is 0 Å². The Morgan fingerprint density at radius 1 is 1.21 bits per heavy atom. The molecular formula is C20H27N3O5. The standard InChI is InChI=1S/C20H27N3O5/c1-22(2)18(24)9-15-11-23-10-13(8-14(23)12-28-15)21-20(25)16-4-3-5-17-19(16)27-7-6-26-17/h3-5,13-15H,6-12H2,1-2H3,(H,21,25)/t13-,14-,15-/m0/s1. The minimum Gasteiger partial charge on any atom is -0.486 e. The lowest BCUT2D eigenvalue weighted by Crippen LogP contribution is -2.47. The highest BCUT2D eigenvalue weighted by Crippen LogP contribution is 2.34. The molecule has 3 aliphatic rings. The van der Waals surface area contributed by atoms with E-state index in [9.17, 15) is 9.59 Å². The number of carbonyl (C=O) groups excluding carboxylic acids is 2. The minimum atomic E-state index is -0.146. The van der Waals surface area contributed by atoms with Crippen molar-refractivity contribution in [2.45, 2.75) is 31.0 Å². The smallest absolute Gasteiger partial charge is 0.255 e. The summed E-state index contributed by atoms with van der Waals surface area (Å²) in [5, 5.41) is 3.13. The molecule has 4 rings (SSSR count). The number of para-hydroxylation sites is 1. The molecule has 8 nitrogen and oxygen atoms in total. The van der Waals surface area contributed by atoms with Gasteiger partial charge in [-0.15, -0.1) is 0 Å². The van der Waals surface area contributed by atoms with E-state index in [2.05, 4.69) is 10.2 Å². The third kappa shape index (κ3) is 3.93. The molecular weight excluding hydrogens is 362 g/mol. The van der Waals surface area contributed by atoms with Crippen molar-refractivity contribution in [3.63, 3.8) is 0 Å². The molecule has 0 saturated carbocycles. The van der Waals surface area contributed by atoms with Gasteiger partial charge in [0.25, 0.3) is 5.91 Å². The van der Waals surface area contributed by atoms with Crippen LogP contribution in [0.5, 0.6) is 11.5 Å². The summed E-state index contributed by atoms with van der Waals surface area (Å²) in [6.07, 6.45) is 1.14. The summed E-state index contributed by atoms with van der Waals surface area (Å²) in [4.78, 5) is 28.7. The van der Waals surface area contributed by atoms with E-state index in [4.69, 9.17) is 14.2 Å². The average molecular weight is 389 g/mol. The van der Waals surface area contributed by atoms with E-state index in [0.717, 1.165) is 13.0 Å². The van der Waals surface area contributed by atoms with E-state index in [0.29, 0.717) is 49.8 Å². The molecule has 2 fully saturated rings. The molecule has 1 N–H and O–H groups in total. The third-order valence-electron chi connectivity index (χ3n) is 5.54. The first-order valence-electron chi connectivity index (χ1n) is 9.76. The molecule has 0 bridgehead atoms. The Kier molecular flexibility index (Phi) is 5.41. The first-order chi connectivity index (χ1) is 13.5. The number of morpholine rings is 1. The maximum Gasteiger partial charge on any atom is 0.255 e. The second-order valence-corrected chi connectivity index (χ2v) is 7.79. The maximum atomic E-state index is 12.8. The Bertz CT molecular complexity index is 753. The Morgan fingerprint density at radius 3 is 2.86 bits per heavy atom. The van der Waals surface area contributed by atoms with Crippen molar-refractivity contribution < 1.29 is 23.8 Å². The van der Waals surface area contributed by atoms with Gasteiger partial charge in [-0.1, -0.05) is 6.07 Å². The quantitative estimate of drug-likeness (QED) is 0.808. The zero-order valence-corrected chi connectivity index (χ0v) is 16.3. The van der Waals surface area contributed by atoms with Gasteiger partial charge in [0, 0.05) is 39.3 Å². The number of ether oxygens (including phenoxy) is 3. The van der Waals surface area contributed by atoms with Gasteiger partial charge in [0.1, 0.15) is 13.2 Å². The van der Waals surface area contributed by atoms with Gasteiger partial charge in [0.05, 0.1) is 24.7 Å². The van der Waals surface area contributed by atoms with Gasteiger partial charge < -0.3 is 24.4 Å². The van der Waals surface area contributed by atoms with Gasteiger partial charge >= 0.3 is 0 Å². The Hall–Kier alpha value is -2.32. The first-order valence-corrected chi connectivity index (χ1v) is 9.76. The van der Waals surface area contributed by atoms with Gasteiger partial charge in [-0.2, -0.15) is 0 Å². The van der Waals surface area contributed by atoms with E-state index in [1.807, 2.05) is 6.07 Å². The summed E-state index contributed by atoms with van der Waals surface area (Å²) in [5.74, 6) is 1.06. The number of nitrogens with one attached hydrogen (secondary N) is 1. The molecule has 2 saturated heterocycles. The predicted molar refractivity (Wildman–Crippen MR) is 102 cm³/mol. The third-order valence-corrected chi connectivity index (χ3v) is 5.54. The van der Waals surface area contributed by atoms with E-state index in [-0.39, 0.29) is 30.0 Å². The van der Waals surface area contributed by atoms with Crippen LogP contribution < -0.4 is 14.8 Å². The summed E-state index contributed by atoms with van der Waals surface area (Å²) in [7, 11) is 3.51. The number of fused-ring (bicyclic) bond motifs is 2. The number of rotatable bonds is 4. The van der Waals surface area contributed by atoms with Crippen molar-refractivity contribution in [3.8, 4) is 11.5 Å². The molecule has 0 spiro atoms. The molecule has 1 aromatic carbocycles. The molecule has 2 amide bonds. The van der Waals surface area contributed by atoms with Gasteiger partial charge in [0.2, 0.25) is 5.91 Å². The zero-order chi connectivity index (χ0) is 19.7. The summed E-state index contributed by atoms with van der Waals surface area (Å²) in [6, 6.07) is 5.70. The van der Waals surface area contributed by atoms with Crippen LogP contribution in [-0.4, -0.2) is 86.8 Å². The molecule has 3 atom stereocenters. The Morgan fingerprint density at radius 2 is 2.04 bits per heavy atom. The molecule has 1 aromatic rings. The zero-order valence-electron chi connectivity index (χ0n) is 16.3. The predicted octanol–water partition coefficient (Wildman–Crippen LogP) is 0.508. The van der Waals surface area contributed by atoms with Crippen LogP contribution in [0.25, 0.3) is 0 Å². The van der Waals surface area contributed by atoms with Crippen molar-refractivity contribution in [2.75, 3.05) is 47.0 Å². The van der Waals surface area contributed by atoms with Crippen LogP contribution >= 0.6 is 0 Å². The lowest BCUT2D eigenvalue weighted by Gasteiger charge is -2.35. The SMILES string of the molecule is CN(C)C(=O)C[C@H]1CN2C[C@@H](NC(=O)c3cccc4c3OCCO4)C[C@H]2CO1. The fraction of sp³-hybridized carbons (Fsp3) is 0.600. The van der Waals surface area contributed by atoms with Crippen LogP contribution in [0.3, 0.4) is 0 Å². The van der Waals surface area contributed by atoms with Gasteiger partial charge in [-0.25, -0.2) is 0 Å². The molecule has 0 radical (unpaired) electrons. The average Bonchev–Trinajstić information content (AvgIpc) is 3.08. The highest BCUT2D eigenvalue weighted by molar-refractivity contribution is 5.98. The largest absolute Gasteiger partial charge is 0.486 e. The van der Waals surface area contributed by atoms with Crippen LogP contribution in [0.15, 0.2) is 18.2 Å². The second-order valence-electron chi connectivity index (χ2n) is 7.79. The van der Waals surface area contributed by atoms with E-state index in [1.54, 1.807) is 31.1 Å². The number of nitrogens with zero attached hydrogens (tertiary/aromatic N) is 2. The summed E-state index contributed by atoms with van der Waals surface area (Å²) < 4.78 is 17.1. The van der Waals surface area contributed by atoms with Crippen LogP contribution in [0, 0.1) is 0 Å². The highest BCUT2D eigenvalue weighted by atomic mass is 16.6. The van der Waals surface area contributed by atoms with Crippen molar-refractivity contribution in [1.82, 2.24) is 15.1 Å². The number of amides is 2. The molecule has 0 aromatic heterocycles. The molecule has 0 aliphatic carbocycles. The highest BCUT2D eigenvalue weighted by Gasteiger charge is 2.38. The fourth-order valence-electron chi connectivity index (χ4n) is 4.06. The van der Waals surface area contributed by atoms with Crippen molar-refractivity contribution >= 4 is 11.8 Å². The summed E-state index contributed by atoms with van der Waals surface area (Å²) in [6.45, 7) is 3.01. The number of benzene rings is 1. The van der Waals surface area contributed by atoms with Crippen molar-refractivity contribution in [2.24, 2.45) is 0 Å². The molecule has 28 heavy (non-hydrogen) atoms. The number of hydrogen-bond donors (Lipinski definition) is 1. The topological polar surface area (TPSA) is 80.3 Å². The first kappa shape index (κ1) is 19.0. The summed E-state index contributed by atoms with van der Waals surface area (Å²) >= 11 is 0. The van der Waals surface area contributed by atoms with E-state index in [1.165, 1.54) is 0 Å². The Labute approximate surface area is 164 Å². The number of carbonyl (C=O) groups is 2. The van der Waals surface area contributed by atoms with Crippen LogP contribution in [0.1, 0.15) is 23.2 Å². The summed E-state index contributed by atoms with van der Waals surface area (Å²) in [5.41, 5.74) is 0.507. The lowest BCUT2D eigenvalue weighted by atomic mass is 10.1. The molecule has 0 unspecified atom stereocenters. The fourth-order valence-corrected chi connectivity index (χ4v) is 4.06. The monoisotopic (exact) mass is 389 g/mol. The van der Waals surface area contributed by atoms with Crippen molar-refractivity contribution in [3.05, 3.63) is 23.8 Å². The molecule has 3 heterocycles. The van der Waals surface area contributed by atoms with Gasteiger partial charge in [0.15, 0.2) is 11.5 Å².